The molecule has 0 spiro atoms. The number of nitrogens with zero attached hydrogens (tertiary/aromatic N) is 1. The lowest BCUT2D eigenvalue weighted by atomic mass is 9.83. The van der Waals surface area contributed by atoms with Crippen molar-refractivity contribution in [3.05, 3.63) is 0 Å². The summed E-state index contributed by atoms with van der Waals surface area (Å²) in [5.41, 5.74) is 0.786. The summed E-state index contributed by atoms with van der Waals surface area (Å²) < 4.78 is 0. The van der Waals surface area contributed by atoms with Gasteiger partial charge in [0.15, 0.2) is 0 Å². The second kappa shape index (κ2) is 7.46. The van der Waals surface area contributed by atoms with Crippen molar-refractivity contribution in [3.8, 4) is 0 Å². The highest BCUT2D eigenvalue weighted by atomic mass is 15.1. The van der Waals surface area contributed by atoms with E-state index in [-0.39, 0.29) is 5.54 Å². The van der Waals surface area contributed by atoms with E-state index in [1.165, 1.54) is 77.4 Å². The Morgan fingerprint density at radius 2 is 1.62 bits per heavy atom. The van der Waals surface area contributed by atoms with Crippen molar-refractivity contribution in [1.29, 1.82) is 0 Å². The van der Waals surface area contributed by atoms with Crippen LogP contribution >= 0.6 is 0 Å². The molecule has 2 heteroatoms. The highest BCUT2D eigenvalue weighted by Gasteiger charge is 2.35. The van der Waals surface area contributed by atoms with E-state index in [0.29, 0.717) is 5.41 Å². The van der Waals surface area contributed by atoms with Gasteiger partial charge >= 0.3 is 0 Å². The highest BCUT2D eigenvalue weighted by molar-refractivity contribution is 4.91. The van der Waals surface area contributed by atoms with Crippen molar-refractivity contribution in [2.24, 2.45) is 11.3 Å². The molecule has 21 heavy (non-hydrogen) atoms. The molecule has 0 unspecified atom stereocenters. The molecule has 2 aliphatic carbocycles. The quantitative estimate of drug-likeness (QED) is 0.778. The molecule has 0 aromatic heterocycles. The van der Waals surface area contributed by atoms with Gasteiger partial charge in [0.1, 0.15) is 0 Å². The SMILES string of the molecule is CN(CC1CCCCC1)CC1(CNC(C)(C)C)CCCC1. The molecule has 1 N–H and O–H groups in total. The summed E-state index contributed by atoms with van der Waals surface area (Å²) in [5, 5.41) is 3.79. The van der Waals surface area contributed by atoms with Crippen LogP contribution < -0.4 is 5.32 Å². The molecule has 0 saturated heterocycles. The number of rotatable bonds is 6. The summed E-state index contributed by atoms with van der Waals surface area (Å²) >= 11 is 0. The molecule has 2 aliphatic rings. The summed E-state index contributed by atoms with van der Waals surface area (Å²) in [6.45, 7) is 10.7. The highest BCUT2D eigenvalue weighted by Crippen LogP contribution is 2.39. The third-order valence-electron chi connectivity index (χ3n) is 5.56. The summed E-state index contributed by atoms with van der Waals surface area (Å²) in [6, 6.07) is 0. The molecule has 0 bridgehead atoms. The fourth-order valence-electron chi connectivity index (χ4n) is 4.42. The van der Waals surface area contributed by atoms with Gasteiger partial charge in [-0.1, -0.05) is 32.1 Å². The Balaban J connectivity index is 1.83. The third-order valence-corrected chi connectivity index (χ3v) is 5.56. The zero-order valence-corrected chi connectivity index (χ0v) is 15.0. The average molecular weight is 295 g/mol. The van der Waals surface area contributed by atoms with Crippen molar-refractivity contribution in [3.63, 3.8) is 0 Å². The minimum Gasteiger partial charge on any atom is -0.311 e. The van der Waals surface area contributed by atoms with Crippen LogP contribution in [0.2, 0.25) is 0 Å². The van der Waals surface area contributed by atoms with Crippen molar-refractivity contribution in [2.75, 3.05) is 26.7 Å². The van der Waals surface area contributed by atoms with Crippen LogP contribution in [0.1, 0.15) is 78.6 Å². The van der Waals surface area contributed by atoms with Gasteiger partial charge in [-0.25, -0.2) is 0 Å². The summed E-state index contributed by atoms with van der Waals surface area (Å²) in [5.74, 6) is 0.970. The van der Waals surface area contributed by atoms with Gasteiger partial charge < -0.3 is 10.2 Å². The second-order valence-electron chi connectivity index (χ2n) is 9.01. The molecule has 0 atom stereocenters. The van der Waals surface area contributed by atoms with Crippen LogP contribution in [0.25, 0.3) is 0 Å². The molecule has 0 heterocycles. The van der Waals surface area contributed by atoms with Crippen LogP contribution in [0.4, 0.5) is 0 Å². The molecule has 0 aromatic carbocycles. The van der Waals surface area contributed by atoms with Crippen molar-refractivity contribution in [2.45, 2.75) is 84.1 Å². The largest absolute Gasteiger partial charge is 0.311 e. The first-order valence-electron chi connectivity index (χ1n) is 9.32. The Kier molecular flexibility index (Phi) is 6.14. The second-order valence-corrected chi connectivity index (χ2v) is 9.01. The van der Waals surface area contributed by atoms with Crippen LogP contribution in [-0.2, 0) is 0 Å². The number of nitrogens with one attached hydrogen (secondary N) is 1. The molecule has 0 radical (unpaired) electrons. The third kappa shape index (κ3) is 5.90. The van der Waals surface area contributed by atoms with Crippen LogP contribution in [0, 0.1) is 11.3 Å². The van der Waals surface area contributed by atoms with E-state index >= 15 is 0 Å². The summed E-state index contributed by atoms with van der Waals surface area (Å²) in [4.78, 5) is 2.66. The molecule has 2 fully saturated rings. The molecular formula is C19H38N2. The Bertz CT molecular complexity index is 293. The first-order chi connectivity index (χ1) is 9.89. The van der Waals surface area contributed by atoms with Crippen LogP contribution in [0.3, 0.4) is 0 Å². The van der Waals surface area contributed by atoms with Crippen molar-refractivity contribution < 1.29 is 0 Å². The summed E-state index contributed by atoms with van der Waals surface area (Å²) in [6.07, 6.45) is 13.1. The molecule has 0 amide bonds. The molecule has 0 aromatic rings. The van der Waals surface area contributed by atoms with E-state index in [1.54, 1.807) is 0 Å². The zero-order valence-electron chi connectivity index (χ0n) is 15.0. The average Bonchev–Trinajstić information content (AvgIpc) is 2.86. The zero-order chi connectivity index (χ0) is 15.3. The minimum absolute atomic E-state index is 0.248. The monoisotopic (exact) mass is 294 g/mol. The lowest BCUT2D eigenvalue weighted by molar-refractivity contribution is 0.137. The molecule has 2 saturated carbocycles. The number of hydrogen-bond acceptors (Lipinski definition) is 2. The topological polar surface area (TPSA) is 15.3 Å². The maximum atomic E-state index is 3.79. The Labute approximate surface area is 133 Å². The Hall–Kier alpha value is -0.0800. The molecule has 2 nitrogen and oxygen atoms in total. The van der Waals surface area contributed by atoms with Gasteiger partial charge in [-0.3, -0.25) is 0 Å². The van der Waals surface area contributed by atoms with Gasteiger partial charge in [0.05, 0.1) is 0 Å². The van der Waals surface area contributed by atoms with Gasteiger partial charge in [0.2, 0.25) is 0 Å². The Morgan fingerprint density at radius 3 is 2.19 bits per heavy atom. The summed E-state index contributed by atoms with van der Waals surface area (Å²) in [7, 11) is 2.37. The fourth-order valence-corrected chi connectivity index (χ4v) is 4.42. The van der Waals surface area contributed by atoms with Crippen LogP contribution in [0.5, 0.6) is 0 Å². The number of hydrogen-bond donors (Lipinski definition) is 1. The van der Waals surface area contributed by atoms with Crippen LogP contribution in [0.15, 0.2) is 0 Å². The van der Waals surface area contributed by atoms with Crippen molar-refractivity contribution >= 4 is 0 Å². The Morgan fingerprint density at radius 1 is 1.00 bits per heavy atom. The fraction of sp³-hybridized carbons (Fsp3) is 1.00. The van der Waals surface area contributed by atoms with E-state index in [9.17, 15) is 0 Å². The molecular weight excluding hydrogens is 256 g/mol. The van der Waals surface area contributed by atoms with Gasteiger partial charge in [0.25, 0.3) is 0 Å². The van der Waals surface area contributed by atoms with Gasteiger partial charge in [-0.2, -0.15) is 0 Å². The standard InChI is InChI=1S/C19H38N2/c1-18(2,3)20-15-19(12-8-9-13-19)16-21(4)14-17-10-6-5-7-11-17/h17,20H,5-16H2,1-4H3. The first kappa shape index (κ1) is 17.3. The minimum atomic E-state index is 0.248. The van der Waals surface area contributed by atoms with E-state index < -0.39 is 0 Å². The lowest BCUT2D eigenvalue weighted by Crippen LogP contribution is -2.47. The maximum absolute atomic E-state index is 3.79. The normalized spacial score (nSPS) is 23.9. The molecule has 2 rings (SSSR count). The van der Waals surface area contributed by atoms with Gasteiger partial charge in [0, 0.05) is 25.2 Å². The van der Waals surface area contributed by atoms with E-state index in [0.717, 1.165) is 5.92 Å². The molecule has 124 valence electrons. The predicted octanol–water partition coefficient (Wildman–Crippen LogP) is 4.45. The maximum Gasteiger partial charge on any atom is 0.00967 e. The van der Waals surface area contributed by atoms with Crippen LogP contribution in [-0.4, -0.2) is 37.1 Å². The predicted molar refractivity (Wildman–Crippen MR) is 92.7 cm³/mol. The lowest BCUT2D eigenvalue weighted by Gasteiger charge is -2.38. The first-order valence-corrected chi connectivity index (χ1v) is 9.32. The molecule has 0 aliphatic heterocycles. The van der Waals surface area contributed by atoms with Gasteiger partial charge in [-0.05, 0) is 64.8 Å². The van der Waals surface area contributed by atoms with Gasteiger partial charge in [-0.15, -0.1) is 0 Å². The van der Waals surface area contributed by atoms with E-state index in [1.807, 2.05) is 0 Å². The van der Waals surface area contributed by atoms with E-state index in [2.05, 4.69) is 38.0 Å². The smallest absolute Gasteiger partial charge is 0.00967 e. The van der Waals surface area contributed by atoms with Crippen molar-refractivity contribution in [1.82, 2.24) is 10.2 Å². The van der Waals surface area contributed by atoms with E-state index in [4.69, 9.17) is 0 Å².